The Balaban J connectivity index is 1.53. The van der Waals surface area contributed by atoms with Crippen molar-refractivity contribution in [3.05, 3.63) is 82.9 Å². The van der Waals surface area contributed by atoms with Crippen LogP contribution in [0.15, 0.2) is 71.5 Å². The van der Waals surface area contributed by atoms with E-state index in [1.807, 2.05) is 18.2 Å². The van der Waals surface area contributed by atoms with Crippen molar-refractivity contribution in [3.63, 3.8) is 0 Å². The summed E-state index contributed by atoms with van der Waals surface area (Å²) in [6.45, 7) is 1.79. The van der Waals surface area contributed by atoms with Crippen LogP contribution in [0.4, 0.5) is 16.2 Å². The lowest BCUT2D eigenvalue weighted by molar-refractivity contribution is 0.262. The number of para-hydroxylation sites is 1. The number of urea groups is 1. The van der Waals surface area contributed by atoms with Crippen LogP contribution in [-0.4, -0.2) is 29.8 Å². The third-order valence-electron chi connectivity index (χ3n) is 4.94. The molecule has 0 bridgehead atoms. The molecule has 0 saturated heterocycles. The summed E-state index contributed by atoms with van der Waals surface area (Å²) in [7, 11) is 3.08. The second kappa shape index (κ2) is 8.81. The molecule has 3 aromatic carbocycles. The minimum Gasteiger partial charge on any atom is -0.497 e. The molecule has 0 aliphatic carbocycles. The number of hydrogen-bond donors (Lipinski definition) is 2. The van der Waals surface area contributed by atoms with Gasteiger partial charge in [-0.25, -0.2) is 9.78 Å². The predicted molar refractivity (Wildman–Crippen MR) is 124 cm³/mol. The number of amides is 2. The van der Waals surface area contributed by atoms with Crippen molar-refractivity contribution in [2.75, 3.05) is 24.9 Å². The van der Waals surface area contributed by atoms with Crippen molar-refractivity contribution in [3.8, 4) is 17.2 Å². The number of fused-ring (bicyclic) bond motifs is 1. The van der Waals surface area contributed by atoms with Gasteiger partial charge in [0.25, 0.3) is 5.56 Å². The summed E-state index contributed by atoms with van der Waals surface area (Å²) in [5, 5.41) is 6.07. The summed E-state index contributed by atoms with van der Waals surface area (Å²) < 4.78 is 12.0. The van der Waals surface area contributed by atoms with E-state index < -0.39 is 6.03 Å². The number of carbonyl (C=O) groups excluding carboxylic acids is 1. The van der Waals surface area contributed by atoms with E-state index in [-0.39, 0.29) is 5.56 Å². The number of ether oxygens (including phenoxy) is 2. The van der Waals surface area contributed by atoms with E-state index in [9.17, 15) is 9.59 Å². The Labute approximate surface area is 184 Å². The Kier molecular flexibility index (Phi) is 5.76. The van der Waals surface area contributed by atoms with Crippen LogP contribution in [0.3, 0.4) is 0 Å². The first-order valence-electron chi connectivity index (χ1n) is 9.88. The number of anilines is 2. The molecule has 0 aliphatic heterocycles. The number of nitrogens with zero attached hydrogens (tertiary/aromatic N) is 2. The Morgan fingerprint density at radius 2 is 1.50 bits per heavy atom. The van der Waals surface area contributed by atoms with Gasteiger partial charge in [-0.3, -0.25) is 9.36 Å². The van der Waals surface area contributed by atoms with Crippen LogP contribution in [0.5, 0.6) is 11.5 Å². The van der Waals surface area contributed by atoms with Gasteiger partial charge in [-0.15, -0.1) is 0 Å². The summed E-state index contributed by atoms with van der Waals surface area (Å²) in [6.07, 6.45) is 0. The van der Waals surface area contributed by atoms with Crippen molar-refractivity contribution in [1.82, 2.24) is 9.55 Å². The van der Waals surface area contributed by atoms with Gasteiger partial charge in [-0.05, 0) is 43.3 Å². The molecular weight excluding hydrogens is 408 g/mol. The molecule has 1 heterocycles. The zero-order valence-electron chi connectivity index (χ0n) is 17.9. The van der Waals surface area contributed by atoms with Crippen molar-refractivity contribution < 1.29 is 14.3 Å². The number of carbonyl (C=O) groups is 1. The van der Waals surface area contributed by atoms with E-state index in [2.05, 4.69) is 15.6 Å². The van der Waals surface area contributed by atoms with E-state index in [0.717, 1.165) is 0 Å². The molecule has 1 aromatic heterocycles. The molecule has 0 atom stereocenters. The Morgan fingerprint density at radius 3 is 2.16 bits per heavy atom. The number of methoxy groups -OCH3 is 2. The Morgan fingerprint density at radius 1 is 0.875 bits per heavy atom. The molecule has 162 valence electrons. The standard InChI is InChI=1S/C24H22N4O4/c1-15-25-22-7-5-4-6-21(22)23(29)28(15)18-10-8-16(9-11-18)26-24(30)27-17-12-19(31-2)14-20(13-17)32-3/h4-14H,1-3H3,(H2,26,27,30). The molecule has 2 amide bonds. The van der Waals surface area contributed by atoms with Crippen molar-refractivity contribution in [2.24, 2.45) is 0 Å². The molecule has 32 heavy (non-hydrogen) atoms. The van der Waals surface area contributed by atoms with E-state index >= 15 is 0 Å². The fourth-order valence-corrected chi connectivity index (χ4v) is 3.41. The number of aromatic nitrogens is 2. The van der Waals surface area contributed by atoms with Gasteiger partial charge >= 0.3 is 6.03 Å². The van der Waals surface area contributed by atoms with Gasteiger partial charge in [0.15, 0.2) is 0 Å². The van der Waals surface area contributed by atoms with Crippen LogP contribution in [0.2, 0.25) is 0 Å². The number of nitrogens with one attached hydrogen (secondary N) is 2. The highest BCUT2D eigenvalue weighted by molar-refractivity contribution is 6.00. The molecule has 0 saturated carbocycles. The average Bonchev–Trinajstić information content (AvgIpc) is 2.79. The van der Waals surface area contributed by atoms with Gasteiger partial charge in [0.05, 0.1) is 30.8 Å². The first-order chi connectivity index (χ1) is 15.5. The van der Waals surface area contributed by atoms with Gasteiger partial charge in [0.2, 0.25) is 0 Å². The molecule has 2 N–H and O–H groups in total. The van der Waals surface area contributed by atoms with Crippen LogP contribution >= 0.6 is 0 Å². The van der Waals surface area contributed by atoms with Crippen LogP contribution in [0.1, 0.15) is 5.82 Å². The van der Waals surface area contributed by atoms with Crippen molar-refractivity contribution in [1.29, 1.82) is 0 Å². The number of aryl methyl sites for hydroxylation is 1. The highest BCUT2D eigenvalue weighted by Gasteiger charge is 2.11. The second-order valence-electron chi connectivity index (χ2n) is 7.04. The highest BCUT2D eigenvalue weighted by atomic mass is 16.5. The molecular formula is C24H22N4O4. The minimum absolute atomic E-state index is 0.140. The summed E-state index contributed by atoms with van der Waals surface area (Å²) in [6, 6.07) is 18.9. The highest BCUT2D eigenvalue weighted by Crippen LogP contribution is 2.26. The quantitative estimate of drug-likeness (QED) is 0.491. The van der Waals surface area contributed by atoms with Crippen LogP contribution in [-0.2, 0) is 0 Å². The number of benzene rings is 3. The number of hydrogen-bond acceptors (Lipinski definition) is 5. The fourth-order valence-electron chi connectivity index (χ4n) is 3.41. The van der Waals surface area contributed by atoms with Crippen molar-refractivity contribution >= 4 is 28.3 Å². The Hall–Kier alpha value is -4.33. The zero-order chi connectivity index (χ0) is 22.7. The predicted octanol–water partition coefficient (Wildman–Crippen LogP) is 4.36. The monoisotopic (exact) mass is 430 g/mol. The zero-order valence-corrected chi connectivity index (χ0v) is 17.9. The van der Waals surface area contributed by atoms with E-state index in [4.69, 9.17) is 9.47 Å². The maximum Gasteiger partial charge on any atom is 0.323 e. The normalized spacial score (nSPS) is 10.6. The van der Waals surface area contributed by atoms with E-state index in [0.29, 0.717) is 45.3 Å². The summed E-state index contributed by atoms with van der Waals surface area (Å²) in [5.74, 6) is 1.71. The average molecular weight is 430 g/mol. The minimum atomic E-state index is -0.422. The lowest BCUT2D eigenvalue weighted by atomic mass is 10.2. The van der Waals surface area contributed by atoms with Gasteiger partial charge in [-0.1, -0.05) is 12.1 Å². The first kappa shape index (κ1) is 20.9. The Bertz CT molecular complexity index is 1320. The summed E-state index contributed by atoms with van der Waals surface area (Å²) >= 11 is 0. The molecule has 4 rings (SSSR count). The lowest BCUT2D eigenvalue weighted by Crippen LogP contribution is -2.22. The summed E-state index contributed by atoms with van der Waals surface area (Å²) in [4.78, 5) is 29.9. The lowest BCUT2D eigenvalue weighted by Gasteiger charge is -2.13. The van der Waals surface area contributed by atoms with E-state index in [1.165, 1.54) is 14.2 Å². The molecule has 8 heteroatoms. The summed E-state index contributed by atoms with van der Waals surface area (Å²) in [5.41, 5.74) is 2.28. The molecule has 0 unspecified atom stereocenters. The van der Waals surface area contributed by atoms with Crippen LogP contribution in [0.25, 0.3) is 16.6 Å². The second-order valence-corrected chi connectivity index (χ2v) is 7.04. The first-order valence-corrected chi connectivity index (χ1v) is 9.88. The largest absolute Gasteiger partial charge is 0.497 e. The number of rotatable bonds is 5. The molecule has 0 spiro atoms. The van der Waals surface area contributed by atoms with Gasteiger partial charge in [0.1, 0.15) is 17.3 Å². The third kappa shape index (κ3) is 4.24. The van der Waals surface area contributed by atoms with Gasteiger partial charge < -0.3 is 20.1 Å². The topological polar surface area (TPSA) is 94.5 Å². The maximum atomic E-state index is 12.9. The molecule has 8 nitrogen and oxygen atoms in total. The van der Waals surface area contributed by atoms with Gasteiger partial charge in [-0.2, -0.15) is 0 Å². The maximum absolute atomic E-state index is 12.9. The molecule has 0 radical (unpaired) electrons. The van der Waals surface area contributed by atoms with Crippen LogP contribution in [0, 0.1) is 6.92 Å². The fraction of sp³-hybridized carbons (Fsp3) is 0.125. The molecule has 0 aliphatic rings. The third-order valence-corrected chi connectivity index (χ3v) is 4.94. The van der Waals surface area contributed by atoms with Gasteiger partial charge in [0, 0.05) is 29.6 Å². The SMILES string of the molecule is COc1cc(NC(=O)Nc2ccc(-n3c(C)nc4ccccc4c3=O)cc2)cc(OC)c1. The van der Waals surface area contributed by atoms with Crippen molar-refractivity contribution in [2.45, 2.75) is 6.92 Å². The van der Waals surface area contributed by atoms with E-state index in [1.54, 1.807) is 60.0 Å². The van der Waals surface area contributed by atoms with Crippen LogP contribution < -0.4 is 25.7 Å². The molecule has 4 aromatic rings. The smallest absolute Gasteiger partial charge is 0.323 e. The molecule has 0 fully saturated rings.